The standard InChI is InChI=1S/C28H30Cl2N2OS/c1-34(33)28(22-5-4-6-26(17-22)31-15-2-3-16-31)23-18-32(19-23)27(20-7-11-24(29)12-8-20)21-9-13-25(30)14-10-21/h4-14,17,23,27-28H,2-3,15-16,18-19H2,1H3. The Bertz CT molecular complexity index is 1050. The zero-order valence-corrected chi connectivity index (χ0v) is 21.7. The van der Waals surface area contributed by atoms with Gasteiger partial charge in [0.25, 0.3) is 0 Å². The van der Waals surface area contributed by atoms with Crippen molar-refractivity contribution in [3.8, 4) is 0 Å². The highest BCUT2D eigenvalue weighted by atomic mass is 35.5. The van der Waals surface area contributed by atoms with Crippen molar-refractivity contribution in [2.24, 2.45) is 5.92 Å². The molecular weight excluding hydrogens is 483 g/mol. The van der Waals surface area contributed by atoms with Crippen LogP contribution in [0.15, 0.2) is 72.8 Å². The third-order valence-corrected chi connectivity index (χ3v) is 9.01. The first-order valence-corrected chi connectivity index (χ1v) is 14.3. The maximum atomic E-state index is 13.0. The Morgan fingerprint density at radius 3 is 1.91 bits per heavy atom. The Morgan fingerprint density at radius 1 is 0.824 bits per heavy atom. The van der Waals surface area contributed by atoms with Crippen molar-refractivity contribution in [2.75, 3.05) is 37.3 Å². The fourth-order valence-corrected chi connectivity index (χ4v) is 6.96. The van der Waals surface area contributed by atoms with Gasteiger partial charge in [0.15, 0.2) is 0 Å². The molecule has 3 aromatic rings. The Labute approximate surface area is 215 Å². The first kappa shape index (κ1) is 24.0. The van der Waals surface area contributed by atoms with Crippen LogP contribution in [0.1, 0.15) is 40.8 Å². The Kier molecular flexibility index (Phi) is 7.43. The molecule has 0 saturated carbocycles. The van der Waals surface area contributed by atoms with E-state index in [9.17, 15) is 4.55 Å². The van der Waals surface area contributed by atoms with E-state index >= 15 is 0 Å². The summed E-state index contributed by atoms with van der Waals surface area (Å²) >= 11 is 11.4. The second kappa shape index (κ2) is 10.5. The van der Waals surface area contributed by atoms with Crippen molar-refractivity contribution in [2.45, 2.75) is 24.1 Å². The number of halogens is 2. The number of hydrogen-bond acceptors (Lipinski definition) is 3. The summed E-state index contributed by atoms with van der Waals surface area (Å²) in [4.78, 5) is 4.92. The first-order valence-electron chi connectivity index (χ1n) is 11.9. The molecule has 3 aromatic carbocycles. The smallest absolute Gasteiger partial charge is 0.145 e. The molecule has 0 amide bonds. The summed E-state index contributed by atoms with van der Waals surface area (Å²) in [6, 6.07) is 25.1. The van der Waals surface area contributed by atoms with Crippen LogP contribution in [0.25, 0.3) is 0 Å². The van der Waals surface area contributed by atoms with Crippen molar-refractivity contribution >= 4 is 40.1 Å². The summed E-state index contributed by atoms with van der Waals surface area (Å²) in [5.41, 5.74) is 4.87. The average molecular weight is 514 g/mol. The zero-order valence-electron chi connectivity index (χ0n) is 19.4. The molecular formula is C28H30Cl2N2OS. The largest absolute Gasteiger partial charge is 0.616 e. The number of rotatable bonds is 7. The van der Waals surface area contributed by atoms with E-state index in [-0.39, 0.29) is 11.3 Å². The predicted octanol–water partition coefficient (Wildman–Crippen LogP) is 6.73. The highest BCUT2D eigenvalue weighted by molar-refractivity contribution is 7.90. The summed E-state index contributed by atoms with van der Waals surface area (Å²) in [7, 11) is 0. The van der Waals surface area contributed by atoms with Crippen molar-refractivity contribution in [1.29, 1.82) is 0 Å². The molecule has 0 radical (unpaired) electrons. The van der Waals surface area contributed by atoms with Crippen LogP contribution in [-0.2, 0) is 11.2 Å². The van der Waals surface area contributed by atoms with Crippen LogP contribution in [0.5, 0.6) is 0 Å². The van der Waals surface area contributed by atoms with Gasteiger partial charge < -0.3 is 9.45 Å². The quantitative estimate of drug-likeness (QED) is 0.328. The Balaban J connectivity index is 1.38. The second-order valence-electron chi connectivity index (χ2n) is 9.43. The SMILES string of the molecule is C[S+]([O-])C(c1cccc(N2CCCC2)c1)C1CN(C(c2ccc(Cl)cc2)c2ccc(Cl)cc2)C1. The lowest BCUT2D eigenvalue weighted by Gasteiger charge is -2.47. The van der Waals surface area contributed by atoms with Gasteiger partial charge in [0.1, 0.15) is 5.25 Å². The van der Waals surface area contributed by atoms with Crippen LogP contribution in [0.4, 0.5) is 5.69 Å². The van der Waals surface area contributed by atoms with E-state index in [1.54, 1.807) is 0 Å². The molecule has 2 fully saturated rings. The lowest BCUT2D eigenvalue weighted by molar-refractivity contribution is 0.0655. The van der Waals surface area contributed by atoms with Gasteiger partial charge in [0, 0.05) is 53.4 Å². The molecule has 0 spiro atoms. The van der Waals surface area contributed by atoms with Crippen molar-refractivity contribution in [1.82, 2.24) is 4.90 Å². The molecule has 0 aliphatic carbocycles. The summed E-state index contributed by atoms with van der Waals surface area (Å²) < 4.78 is 13.0. The number of hydrogen-bond donors (Lipinski definition) is 0. The maximum absolute atomic E-state index is 13.0. The van der Waals surface area contributed by atoms with Gasteiger partial charge >= 0.3 is 0 Å². The highest BCUT2D eigenvalue weighted by Gasteiger charge is 2.43. The lowest BCUT2D eigenvalue weighted by Crippen LogP contribution is -2.52. The van der Waals surface area contributed by atoms with Gasteiger partial charge in [-0.2, -0.15) is 0 Å². The van der Waals surface area contributed by atoms with Gasteiger partial charge in [-0.15, -0.1) is 0 Å². The van der Waals surface area contributed by atoms with E-state index in [4.69, 9.17) is 23.2 Å². The number of benzene rings is 3. The molecule has 6 heteroatoms. The Hall–Kier alpha value is -1.69. The van der Waals surface area contributed by atoms with E-state index < -0.39 is 11.2 Å². The minimum absolute atomic E-state index is 0.0369. The van der Waals surface area contributed by atoms with E-state index in [1.165, 1.54) is 35.2 Å². The summed E-state index contributed by atoms with van der Waals surface area (Å²) in [5.74, 6) is 0.349. The summed E-state index contributed by atoms with van der Waals surface area (Å²) in [6.45, 7) is 4.02. The van der Waals surface area contributed by atoms with Gasteiger partial charge in [-0.05, 0) is 71.5 Å². The van der Waals surface area contributed by atoms with Gasteiger partial charge in [-0.25, -0.2) is 0 Å². The topological polar surface area (TPSA) is 29.5 Å². The molecule has 2 heterocycles. The second-order valence-corrected chi connectivity index (χ2v) is 11.8. The van der Waals surface area contributed by atoms with Gasteiger partial charge in [-0.1, -0.05) is 59.6 Å². The molecule has 5 rings (SSSR count). The third kappa shape index (κ3) is 5.12. The van der Waals surface area contributed by atoms with Gasteiger partial charge in [0.05, 0.1) is 12.3 Å². The van der Waals surface area contributed by atoms with Crippen LogP contribution >= 0.6 is 23.2 Å². The van der Waals surface area contributed by atoms with E-state index in [2.05, 4.69) is 58.3 Å². The molecule has 2 unspecified atom stereocenters. The molecule has 0 aromatic heterocycles. The number of anilines is 1. The van der Waals surface area contributed by atoms with Crippen LogP contribution in [0, 0.1) is 5.92 Å². The fraction of sp³-hybridized carbons (Fsp3) is 0.357. The molecule has 3 nitrogen and oxygen atoms in total. The minimum Gasteiger partial charge on any atom is -0.616 e. The molecule has 2 aliphatic rings. The molecule has 2 saturated heterocycles. The number of nitrogens with zero attached hydrogens (tertiary/aromatic N) is 2. The van der Waals surface area contributed by atoms with Crippen LogP contribution in [-0.4, -0.2) is 41.9 Å². The molecule has 178 valence electrons. The Morgan fingerprint density at radius 2 is 1.38 bits per heavy atom. The van der Waals surface area contributed by atoms with Crippen molar-refractivity contribution in [3.05, 3.63) is 99.5 Å². The normalized spacial score (nSPS) is 18.8. The maximum Gasteiger partial charge on any atom is 0.145 e. The van der Waals surface area contributed by atoms with Gasteiger partial charge in [-0.3, -0.25) is 4.90 Å². The lowest BCUT2D eigenvalue weighted by atomic mass is 9.86. The summed E-state index contributed by atoms with van der Waals surface area (Å²) in [6.07, 6.45) is 4.36. The predicted molar refractivity (Wildman–Crippen MR) is 145 cm³/mol. The molecule has 0 N–H and O–H groups in total. The van der Waals surface area contributed by atoms with Crippen LogP contribution in [0.3, 0.4) is 0 Å². The summed E-state index contributed by atoms with van der Waals surface area (Å²) in [5, 5.41) is 1.51. The molecule has 2 aliphatic heterocycles. The minimum atomic E-state index is -0.946. The molecule has 0 bridgehead atoms. The van der Waals surface area contributed by atoms with Gasteiger partial charge in [0.2, 0.25) is 0 Å². The van der Waals surface area contributed by atoms with E-state index in [0.29, 0.717) is 5.92 Å². The van der Waals surface area contributed by atoms with Crippen LogP contribution < -0.4 is 4.90 Å². The van der Waals surface area contributed by atoms with Crippen LogP contribution in [0.2, 0.25) is 10.0 Å². The van der Waals surface area contributed by atoms with E-state index in [1.807, 2.05) is 30.5 Å². The van der Waals surface area contributed by atoms with Crippen molar-refractivity contribution in [3.63, 3.8) is 0 Å². The van der Waals surface area contributed by atoms with Crippen molar-refractivity contribution < 1.29 is 4.55 Å². The number of likely N-dealkylation sites (tertiary alicyclic amines) is 1. The van der Waals surface area contributed by atoms with E-state index in [0.717, 1.165) is 36.2 Å². The zero-order chi connectivity index (χ0) is 23.7. The first-order chi connectivity index (χ1) is 16.5. The average Bonchev–Trinajstić information content (AvgIpc) is 3.35. The third-order valence-electron chi connectivity index (χ3n) is 7.13. The molecule has 34 heavy (non-hydrogen) atoms. The highest BCUT2D eigenvalue weighted by Crippen LogP contribution is 2.42. The monoisotopic (exact) mass is 512 g/mol. The fourth-order valence-electron chi connectivity index (χ4n) is 5.46. The molecule has 2 atom stereocenters.